The number of nitrogens with two attached hydrogens (primary N) is 1. The van der Waals surface area contributed by atoms with Crippen molar-refractivity contribution in [3.8, 4) is 0 Å². The van der Waals surface area contributed by atoms with Crippen molar-refractivity contribution >= 4 is 35.2 Å². The molecular formula is C16H16ClN3O4S. The maximum absolute atomic E-state index is 12.5. The standard InChI is InChI=1S/C16H16ClN3O4S/c1-2-24-15(23)11-7-19-16(20(14(11)22)8-13(18)21)25-9-10-5-3-4-6-12(10)17/h3-7H,2,8-9H2,1H3,(H2,18,21). The average molecular weight is 382 g/mol. The SMILES string of the molecule is CCOC(=O)c1cnc(SCc2ccccc2Cl)n(CC(N)=O)c1=O. The Balaban J connectivity index is 2.35. The van der Waals surface area contributed by atoms with Crippen molar-refractivity contribution in [3.05, 3.63) is 57.0 Å². The molecule has 0 fully saturated rings. The number of carbonyl (C=O) groups is 2. The number of primary amides is 1. The van der Waals surface area contributed by atoms with Gasteiger partial charge in [-0.05, 0) is 18.6 Å². The van der Waals surface area contributed by atoms with Crippen LogP contribution in [0.5, 0.6) is 0 Å². The number of ether oxygens (including phenoxy) is 1. The zero-order chi connectivity index (χ0) is 18.4. The fraction of sp³-hybridized carbons (Fsp3) is 0.250. The third-order valence-corrected chi connectivity index (χ3v) is 4.54. The molecule has 0 radical (unpaired) electrons. The molecule has 0 saturated heterocycles. The minimum Gasteiger partial charge on any atom is -0.462 e. The number of aromatic nitrogens is 2. The molecule has 7 nitrogen and oxygen atoms in total. The lowest BCUT2D eigenvalue weighted by molar-refractivity contribution is -0.118. The Morgan fingerprint density at radius 2 is 2.08 bits per heavy atom. The highest BCUT2D eigenvalue weighted by molar-refractivity contribution is 7.98. The molecule has 2 aromatic rings. The molecule has 1 aromatic heterocycles. The topological polar surface area (TPSA) is 104 Å². The predicted molar refractivity (Wildman–Crippen MR) is 94.7 cm³/mol. The Labute approximate surface area is 153 Å². The van der Waals surface area contributed by atoms with Crippen LogP contribution in [0, 0.1) is 0 Å². The smallest absolute Gasteiger partial charge is 0.345 e. The number of carbonyl (C=O) groups excluding carboxylic acids is 2. The third kappa shape index (κ3) is 4.83. The molecule has 0 aliphatic carbocycles. The highest BCUT2D eigenvalue weighted by atomic mass is 35.5. The highest BCUT2D eigenvalue weighted by Gasteiger charge is 2.18. The summed E-state index contributed by atoms with van der Waals surface area (Å²) >= 11 is 7.32. The molecular weight excluding hydrogens is 366 g/mol. The van der Waals surface area contributed by atoms with Crippen LogP contribution in [0.25, 0.3) is 0 Å². The van der Waals surface area contributed by atoms with Crippen molar-refractivity contribution < 1.29 is 14.3 Å². The summed E-state index contributed by atoms with van der Waals surface area (Å²) in [5.41, 5.74) is 5.14. The van der Waals surface area contributed by atoms with Gasteiger partial charge in [-0.1, -0.05) is 41.6 Å². The summed E-state index contributed by atoms with van der Waals surface area (Å²) in [6.45, 7) is 1.36. The molecule has 0 spiro atoms. The first-order chi connectivity index (χ1) is 11.9. The van der Waals surface area contributed by atoms with Gasteiger partial charge in [0.15, 0.2) is 5.16 Å². The van der Waals surface area contributed by atoms with Crippen LogP contribution in [0.3, 0.4) is 0 Å². The van der Waals surface area contributed by atoms with Gasteiger partial charge in [0.25, 0.3) is 5.56 Å². The predicted octanol–water partition coefficient (Wildman–Crippen LogP) is 1.85. The number of nitrogens with zero attached hydrogens (tertiary/aromatic N) is 2. The molecule has 0 bridgehead atoms. The fourth-order valence-corrected chi connectivity index (χ4v) is 3.24. The number of amides is 1. The lowest BCUT2D eigenvalue weighted by Gasteiger charge is -2.12. The van der Waals surface area contributed by atoms with Gasteiger partial charge in [0.05, 0.1) is 12.8 Å². The second-order valence-electron chi connectivity index (χ2n) is 4.91. The molecule has 1 aromatic carbocycles. The van der Waals surface area contributed by atoms with E-state index in [1.807, 2.05) is 18.2 Å². The Hall–Kier alpha value is -2.32. The Morgan fingerprint density at radius 1 is 1.36 bits per heavy atom. The molecule has 0 aliphatic rings. The molecule has 132 valence electrons. The summed E-state index contributed by atoms with van der Waals surface area (Å²) < 4.78 is 5.89. The first kappa shape index (κ1) is 19.0. The number of thioether (sulfide) groups is 1. The second-order valence-corrected chi connectivity index (χ2v) is 6.26. The van der Waals surface area contributed by atoms with Crippen LogP contribution >= 0.6 is 23.4 Å². The number of halogens is 1. The van der Waals surface area contributed by atoms with E-state index in [9.17, 15) is 14.4 Å². The summed E-state index contributed by atoms with van der Waals surface area (Å²) in [5, 5.41) is 0.846. The fourth-order valence-electron chi connectivity index (χ4n) is 1.99. The van der Waals surface area contributed by atoms with E-state index < -0.39 is 17.4 Å². The summed E-state index contributed by atoms with van der Waals surface area (Å²) in [6.07, 6.45) is 1.15. The van der Waals surface area contributed by atoms with E-state index in [-0.39, 0.29) is 23.9 Å². The van der Waals surface area contributed by atoms with E-state index in [2.05, 4.69) is 4.98 Å². The van der Waals surface area contributed by atoms with Crippen LogP contribution in [0.4, 0.5) is 0 Å². The summed E-state index contributed by atoms with van der Waals surface area (Å²) in [5.74, 6) is -1.07. The third-order valence-electron chi connectivity index (χ3n) is 3.13. The first-order valence-corrected chi connectivity index (χ1v) is 8.71. The Bertz CT molecular complexity index is 854. The summed E-state index contributed by atoms with van der Waals surface area (Å²) in [4.78, 5) is 39.7. The Kier molecular flexibility index (Phi) is 6.60. The molecule has 0 saturated carbocycles. The lowest BCUT2D eigenvalue weighted by Crippen LogP contribution is -2.33. The van der Waals surface area contributed by atoms with Gasteiger partial charge in [0.1, 0.15) is 12.1 Å². The van der Waals surface area contributed by atoms with E-state index in [1.165, 1.54) is 11.8 Å². The first-order valence-electron chi connectivity index (χ1n) is 7.35. The van der Waals surface area contributed by atoms with E-state index in [1.54, 1.807) is 13.0 Å². The molecule has 25 heavy (non-hydrogen) atoms. The monoisotopic (exact) mass is 381 g/mol. The number of esters is 1. The number of hydrogen-bond donors (Lipinski definition) is 1. The molecule has 0 atom stereocenters. The van der Waals surface area contributed by atoms with E-state index >= 15 is 0 Å². The highest BCUT2D eigenvalue weighted by Crippen LogP contribution is 2.24. The van der Waals surface area contributed by atoms with Gasteiger partial charge in [-0.2, -0.15) is 0 Å². The molecule has 1 heterocycles. The van der Waals surface area contributed by atoms with E-state index in [0.29, 0.717) is 10.8 Å². The van der Waals surface area contributed by atoms with Crippen LogP contribution < -0.4 is 11.3 Å². The number of rotatable bonds is 7. The zero-order valence-corrected chi connectivity index (χ0v) is 15.0. The van der Waals surface area contributed by atoms with Gasteiger partial charge in [-0.15, -0.1) is 0 Å². The minimum absolute atomic E-state index is 0.122. The average Bonchev–Trinajstić information content (AvgIpc) is 2.56. The van der Waals surface area contributed by atoms with Crippen molar-refractivity contribution in [2.75, 3.05) is 6.61 Å². The lowest BCUT2D eigenvalue weighted by atomic mass is 10.2. The van der Waals surface area contributed by atoms with Gasteiger partial charge in [-0.25, -0.2) is 9.78 Å². The van der Waals surface area contributed by atoms with Gasteiger partial charge < -0.3 is 10.5 Å². The van der Waals surface area contributed by atoms with Crippen molar-refractivity contribution in [1.82, 2.24) is 9.55 Å². The van der Waals surface area contributed by atoms with Crippen molar-refractivity contribution in [1.29, 1.82) is 0 Å². The maximum atomic E-state index is 12.5. The van der Waals surface area contributed by atoms with Gasteiger partial charge in [0.2, 0.25) is 5.91 Å². The van der Waals surface area contributed by atoms with Gasteiger partial charge in [-0.3, -0.25) is 14.2 Å². The number of benzene rings is 1. The van der Waals surface area contributed by atoms with Crippen molar-refractivity contribution in [3.63, 3.8) is 0 Å². The molecule has 0 unspecified atom stereocenters. The van der Waals surface area contributed by atoms with Crippen molar-refractivity contribution in [2.24, 2.45) is 5.73 Å². The summed E-state index contributed by atoms with van der Waals surface area (Å²) in [6, 6.07) is 7.26. The van der Waals surface area contributed by atoms with Gasteiger partial charge in [0, 0.05) is 10.8 Å². The quantitative estimate of drug-likeness (QED) is 0.446. The maximum Gasteiger partial charge on any atom is 0.345 e. The molecule has 2 N–H and O–H groups in total. The normalized spacial score (nSPS) is 10.5. The molecule has 0 aliphatic heterocycles. The van der Waals surface area contributed by atoms with E-state index in [0.717, 1.165) is 16.3 Å². The van der Waals surface area contributed by atoms with Crippen LogP contribution in [0.15, 0.2) is 40.4 Å². The second kappa shape index (κ2) is 8.68. The van der Waals surface area contributed by atoms with Crippen LogP contribution in [-0.2, 0) is 21.8 Å². The van der Waals surface area contributed by atoms with Crippen molar-refractivity contribution in [2.45, 2.75) is 24.4 Å². The Morgan fingerprint density at radius 3 is 2.72 bits per heavy atom. The minimum atomic E-state index is -0.791. The molecule has 9 heteroatoms. The van der Waals surface area contributed by atoms with Crippen LogP contribution in [-0.4, -0.2) is 28.0 Å². The largest absolute Gasteiger partial charge is 0.462 e. The van der Waals surface area contributed by atoms with Gasteiger partial charge >= 0.3 is 5.97 Å². The van der Waals surface area contributed by atoms with E-state index in [4.69, 9.17) is 22.1 Å². The summed E-state index contributed by atoms with van der Waals surface area (Å²) in [7, 11) is 0. The zero-order valence-electron chi connectivity index (χ0n) is 13.4. The molecule has 1 amide bonds. The molecule has 2 rings (SSSR count). The number of hydrogen-bond acceptors (Lipinski definition) is 6. The van der Waals surface area contributed by atoms with Crippen LogP contribution in [0.1, 0.15) is 22.8 Å². The van der Waals surface area contributed by atoms with Crippen LogP contribution in [0.2, 0.25) is 5.02 Å².